The second kappa shape index (κ2) is 6.47. The lowest BCUT2D eigenvalue weighted by Crippen LogP contribution is -2.12. The third-order valence-electron chi connectivity index (χ3n) is 1.97. The van der Waals surface area contributed by atoms with Crippen LogP contribution < -0.4 is 9.05 Å². The summed E-state index contributed by atoms with van der Waals surface area (Å²) in [5, 5.41) is 9.25. The minimum Gasteiger partial charge on any atom is -0.377 e. The molecule has 1 atom stereocenters. The summed E-state index contributed by atoms with van der Waals surface area (Å²) in [7, 11) is -4.09. The van der Waals surface area contributed by atoms with Crippen molar-refractivity contribution in [2.24, 2.45) is 0 Å². The molecule has 2 heterocycles. The van der Waals surface area contributed by atoms with Gasteiger partial charge in [0.15, 0.2) is 6.29 Å². The summed E-state index contributed by atoms with van der Waals surface area (Å²) in [6.45, 7) is 1.29. The maximum absolute atomic E-state index is 12.5. The summed E-state index contributed by atoms with van der Waals surface area (Å²) in [5.74, 6) is 0.0971. The van der Waals surface area contributed by atoms with E-state index < -0.39 is 14.1 Å². The van der Waals surface area contributed by atoms with Crippen molar-refractivity contribution in [2.45, 2.75) is 13.2 Å². The predicted molar refractivity (Wildman–Crippen MR) is 70.1 cm³/mol. The van der Waals surface area contributed by atoms with Crippen molar-refractivity contribution < 1.29 is 23.2 Å². The molecule has 0 radical (unpaired) electrons. The molecule has 0 bridgehead atoms. The van der Waals surface area contributed by atoms with Crippen LogP contribution in [0.4, 0.5) is 0 Å². The van der Waals surface area contributed by atoms with Gasteiger partial charge in [0, 0.05) is 24.5 Å². The zero-order chi connectivity index (χ0) is 14.4. The highest BCUT2D eigenvalue weighted by Crippen LogP contribution is 2.49. The quantitative estimate of drug-likeness (QED) is 0.646. The number of aliphatic hydroxyl groups excluding tert-OH is 1. The van der Waals surface area contributed by atoms with Gasteiger partial charge >= 0.3 is 7.82 Å². The lowest BCUT2D eigenvalue weighted by atomic mass is 10.5. The third kappa shape index (κ3) is 4.31. The van der Waals surface area contributed by atoms with E-state index in [4.69, 9.17) is 13.6 Å². The number of hydrogen-bond acceptors (Lipinski definition) is 7. The van der Waals surface area contributed by atoms with Gasteiger partial charge in [-0.05, 0) is 19.1 Å². The highest BCUT2D eigenvalue weighted by atomic mass is 31.2. The van der Waals surface area contributed by atoms with Crippen LogP contribution in [0.2, 0.25) is 0 Å². The van der Waals surface area contributed by atoms with Crippen LogP contribution in [0.1, 0.15) is 6.92 Å². The Morgan fingerprint density at radius 3 is 1.90 bits per heavy atom. The molecule has 0 spiro atoms. The summed E-state index contributed by atoms with van der Waals surface area (Å²) in [5.41, 5.74) is 0. The van der Waals surface area contributed by atoms with Crippen molar-refractivity contribution in [3.8, 4) is 11.8 Å². The van der Waals surface area contributed by atoms with Gasteiger partial charge in [0.25, 0.3) is 0 Å². The first-order valence-electron chi connectivity index (χ1n) is 5.75. The van der Waals surface area contributed by atoms with Crippen LogP contribution in [0, 0.1) is 0 Å². The monoisotopic (exact) mass is 296 g/mol. The molecule has 8 heteroatoms. The zero-order valence-electron chi connectivity index (χ0n) is 10.6. The van der Waals surface area contributed by atoms with Crippen LogP contribution >= 0.6 is 7.82 Å². The van der Waals surface area contributed by atoms with Gasteiger partial charge in [0.05, 0.1) is 0 Å². The van der Waals surface area contributed by atoms with Crippen molar-refractivity contribution in [2.75, 3.05) is 0 Å². The minimum absolute atomic E-state index is 0.0485. The fourth-order valence-corrected chi connectivity index (χ4v) is 2.45. The van der Waals surface area contributed by atoms with Gasteiger partial charge < -0.3 is 14.2 Å². The average molecular weight is 296 g/mol. The molecule has 0 fully saturated rings. The summed E-state index contributed by atoms with van der Waals surface area (Å²) in [6.07, 6.45) is 1.58. The van der Waals surface area contributed by atoms with Crippen LogP contribution in [0.3, 0.4) is 0 Å². The smallest absolute Gasteiger partial charge is 0.377 e. The SMILES string of the molecule is CC(O)OP(=O)(Oc1ccccn1)Oc1ccccn1. The Morgan fingerprint density at radius 2 is 1.55 bits per heavy atom. The molecule has 2 rings (SSSR count). The molecule has 0 aliphatic heterocycles. The van der Waals surface area contributed by atoms with E-state index in [1.807, 2.05) is 0 Å². The van der Waals surface area contributed by atoms with E-state index in [1.165, 1.54) is 31.5 Å². The summed E-state index contributed by atoms with van der Waals surface area (Å²) >= 11 is 0. The van der Waals surface area contributed by atoms with Crippen molar-refractivity contribution in [1.82, 2.24) is 9.97 Å². The Kier molecular flexibility index (Phi) is 4.68. The van der Waals surface area contributed by atoms with E-state index in [2.05, 4.69) is 9.97 Å². The van der Waals surface area contributed by atoms with Gasteiger partial charge in [-0.15, -0.1) is 0 Å². The Bertz CT molecular complexity index is 533. The Balaban J connectivity index is 2.19. The highest BCUT2D eigenvalue weighted by molar-refractivity contribution is 7.49. The van der Waals surface area contributed by atoms with Crippen LogP contribution in [-0.4, -0.2) is 21.4 Å². The van der Waals surface area contributed by atoms with E-state index in [-0.39, 0.29) is 11.8 Å². The Hall–Kier alpha value is -1.95. The number of aliphatic hydroxyl groups is 1. The second-order valence-corrected chi connectivity index (χ2v) is 5.14. The first-order valence-corrected chi connectivity index (χ1v) is 7.21. The predicted octanol–water partition coefficient (Wildman–Crippen LogP) is 2.40. The Labute approximate surface area is 115 Å². The Morgan fingerprint density at radius 1 is 1.05 bits per heavy atom. The first-order chi connectivity index (χ1) is 9.57. The van der Waals surface area contributed by atoms with E-state index >= 15 is 0 Å². The number of nitrogens with zero attached hydrogens (tertiary/aromatic N) is 2. The molecule has 0 saturated carbocycles. The lowest BCUT2D eigenvalue weighted by Gasteiger charge is -2.18. The molecule has 1 unspecified atom stereocenters. The molecule has 0 aromatic carbocycles. The third-order valence-corrected chi connectivity index (χ3v) is 3.35. The molecule has 0 aliphatic carbocycles. The fourth-order valence-electron chi connectivity index (χ4n) is 1.28. The van der Waals surface area contributed by atoms with Gasteiger partial charge in [-0.1, -0.05) is 12.1 Å². The molecule has 7 nitrogen and oxygen atoms in total. The number of rotatable bonds is 6. The number of pyridine rings is 2. The molecule has 0 saturated heterocycles. The summed E-state index contributed by atoms with van der Waals surface area (Å²) in [4.78, 5) is 7.71. The maximum Gasteiger partial charge on any atom is 0.592 e. The first kappa shape index (κ1) is 14.5. The van der Waals surface area contributed by atoms with Crippen molar-refractivity contribution in [1.29, 1.82) is 0 Å². The molecule has 0 aliphatic rings. The molecular formula is C12H13N2O5P. The van der Waals surface area contributed by atoms with Gasteiger partial charge in [-0.3, -0.25) is 0 Å². The number of aromatic nitrogens is 2. The molecule has 2 aromatic heterocycles. The summed E-state index contributed by atoms with van der Waals surface area (Å²) < 4.78 is 27.5. The van der Waals surface area contributed by atoms with Crippen LogP contribution in [0.5, 0.6) is 11.8 Å². The van der Waals surface area contributed by atoms with E-state index in [9.17, 15) is 9.67 Å². The maximum atomic E-state index is 12.5. The standard InChI is InChI=1S/C12H13N2O5P/c1-10(15)17-20(16,18-11-6-2-4-8-13-11)19-12-7-3-5-9-14-12/h2-10,15H,1H3. The fraction of sp³-hybridized carbons (Fsp3) is 0.167. The largest absolute Gasteiger partial charge is 0.592 e. The van der Waals surface area contributed by atoms with Gasteiger partial charge in [-0.25, -0.2) is 19.1 Å². The lowest BCUT2D eigenvalue weighted by molar-refractivity contribution is -0.0179. The highest BCUT2D eigenvalue weighted by Gasteiger charge is 2.33. The normalized spacial score (nSPS) is 12.7. The minimum atomic E-state index is -4.09. The van der Waals surface area contributed by atoms with Crippen LogP contribution in [0.15, 0.2) is 48.8 Å². The van der Waals surface area contributed by atoms with E-state index in [1.54, 1.807) is 24.3 Å². The molecule has 1 N–H and O–H groups in total. The van der Waals surface area contributed by atoms with E-state index in [0.717, 1.165) is 0 Å². The molecule has 106 valence electrons. The van der Waals surface area contributed by atoms with E-state index in [0.29, 0.717) is 0 Å². The van der Waals surface area contributed by atoms with Crippen LogP contribution in [0.25, 0.3) is 0 Å². The van der Waals surface area contributed by atoms with Crippen molar-refractivity contribution >= 4 is 7.82 Å². The number of phosphoric acid groups is 1. The second-order valence-electron chi connectivity index (χ2n) is 3.67. The molecule has 0 amide bonds. The topological polar surface area (TPSA) is 90.8 Å². The molecule has 2 aromatic rings. The van der Waals surface area contributed by atoms with Crippen molar-refractivity contribution in [3.05, 3.63) is 48.8 Å². The molecular weight excluding hydrogens is 283 g/mol. The van der Waals surface area contributed by atoms with Crippen LogP contribution in [-0.2, 0) is 9.09 Å². The summed E-state index contributed by atoms with van der Waals surface area (Å²) in [6, 6.07) is 9.62. The van der Waals surface area contributed by atoms with Gasteiger partial charge in [0.1, 0.15) is 0 Å². The van der Waals surface area contributed by atoms with Crippen molar-refractivity contribution in [3.63, 3.8) is 0 Å². The molecule has 20 heavy (non-hydrogen) atoms. The zero-order valence-corrected chi connectivity index (χ0v) is 11.5. The number of hydrogen-bond donors (Lipinski definition) is 1. The van der Waals surface area contributed by atoms with Gasteiger partial charge in [-0.2, -0.15) is 0 Å². The van der Waals surface area contributed by atoms with Gasteiger partial charge in [0.2, 0.25) is 11.8 Å². The number of phosphoric ester groups is 1. The average Bonchev–Trinajstić information content (AvgIpc) is 2.39.